The first-order valence-corrected chi connectivity index (χ1v) is 5.96. The van der Waals surface area contributed by atoms with E-state index in [0.717, 1.165) is 12.8 Å². The van der Waals surface area contributed by atoms with Crippen LogP contribution in [0.3, 0.4) is 0 Å². The summed E-state index contributed by atoms with van der Waals surface area (Å²) in [5.74, 6) is 0.0563. The Morgan fingerprint density at radius 2 is 2.24 bits per heavy atom. The Balaban J connectivity index is 2.13. The predicted molar refractivity (Wildman–Crippen MR) is 64.6 cm³/mol. The number of halogens is 1. The maximum atomic E-state index is 11.5. The molecule has 5 nitrogen and oxygen atoms in total. The summed E-state index contributed by atoms with van der Waals surface area (Å²) in [4.78, 5) is 26.8. The molecule has 90 valence electrons. The number of carbonyl (C=O) groups is 2. The quantitative estimate of drug-likeness (QED) is 0.867. The molecule has 0 aromatic carbocycles. The molecule has 1 aliphatic rings. The highest BCUT2D eigenvalue weighted by Crippen LogP contribution is 2.31. The summed E-state index contributed by atoms with van der Waals surface area (Å²) in [6.45, 7) is 0. The molecule has 0 radical (unpaired) electrons. The molecule has 2 rings (SSSR count). The van der Waals surface area contributed by atoms with E-state index in [1.807, 2.05) is 0 Å². The average molecular weight is 299 g/mol. The van der Waals surface area contributed by atoms with Crippen LogP contribution in [0, 0.1) is 5.92 Å². The van der Waals surface area contributed by atoms with Gasteiger partial charge in [0.2, 0.25) is 5.91 Å². The lowest BCUT2D eigenvalue weighted by molar-refractivity contribution is -0.117. The second-order valence-electron chi connectivity index (χ2n) is 3.81. The van der Waals surface area contributed by atoms with Crippen molar-refractivity contribution in [1.29, 1.82) is 0 Å². The summed E-state index contributed by atoms with van der Waals surface area (Å²) in [6.07, 6.45) is 3.24. The van der Waals surface area contributed by atoms with E-state index in [1.54, 1.807) is 6.07 Å². The Bertz CT molecular complexity index is 472. The molecule has 1 heterocycles. The topological polar surface area (TPSA) is 68.3 Å². The highest BCUT2D eigenvalue weighted by Gasteiger charge is 2.30. The van der Waals surface area contributed by atoms with E-state index in [9.17, 15) is 9.59 Å². The van der Waals surface area contributed by atoms with E-state index in [0.29, 0.717) is 15.9 Å². The highest BCUT2D eigenvalue weighted by molar-refractivity contribution is 9.10. The number of aromatic nitrogens is 1. The molecule has 1 saturated carbocycles. The van der Waals surface area contributed by atoms with Crippen LogP contribution >= 0.6 is 15.9 Å². The predicted octanol–water partition coefficient (Wildman–Crippen LogP) is 1.98. The molecule has 1 aliphatic carbocycles. The van der Waals surface area contributed by atoms with Gasteiger partial charge in [0.25, 0.3) is 0 Å². The second kappa shape index (κ2) is 4.83. The fourth-order valence-electron chi connectivity index (χ4n) is 1.32. The fourth-order valence-corrected chi connectivity index (χ4v) is 1.77. The third-order valence-electron chi connectivity index (χ3n) is 2.45. The Kier molecular flexibility index (Phi) is 3.42. The Morgan fingerprint density at radius 3 is 2.76 bits per heavy atom. The number of esters is 1. The van der Waals surface area contributed by atoms with Crippen molar-refractivity contribution in [3.63, 3.8) is 0 Å². The van der Waals surface area contributed by atoms with Gasteiger partial charge in [0, 0.05) is 12.1 Å². The molecule has 1 amide bonds. The number of anilines is 1. The summed E-state index contributed by atoms with van der Waals surface area (Å²) in [5, 5.41) is 2.71. The molecule has 1 aromatic heterocycles. The summed E-state index contributed by atoms with van der Waals surface area (Å²) in [6, 6.07) is 1.57. The van der Waals surface area contributed by atoms with Crippen LogP contribution in [0.25, 0.3) is 0 Å². The van der Waals surface area contributed by atoms with E-state index in [4.69, 9.17) is 0 Å². The van der Waals surface area contributed by atoms with Crippen molar-refractivity contribution in [1.82, 2.24) is 4.98 Å². The molecule has 6 heteroatoms. The van der Waals surface area contributed by atoms with Crippen molar-refractivity contribution in [3.8, 4) is 0 Å². The molecule has 17 heavy (non-hydrogen) atoms. The molecular weight excluding hydrogens is 288 g/mol. The minimum absolute atomic E-state index is 0.0241. The van der Waals surface area contributed by atoms with Crippen LogP contribution in [0.4, 0.5) is 5.82 Å². The van der Waals surface area contributed by atoms with E-state index in [-0.39, 0.29) is 11.8 Å². The number of hydrogen-bond acceptors (Lipinski definition) is 4. The molecule has 0 spiro atoms. The average Bonchev–Trinajstić information content (AvgIpc) is 3.14. The first kappa shape index (κ1) is 12.0. The summed E-state index contributed by atoms with van der Waals surface area (Å²) < 4.78 is 5.14. The molecular formula is C11H11BrN2O3. The van der Waals surface area contributed by atoms with Crippen LogP contribution < -0.4 is 5.32 Å². The summed E-state index contributed by atoms with van der Waals surface area (Å²) in [7, 11) is 1.30. The zero-order chi connectivity index (χ0) is 12.4. The number of carbonyl (C=O) groups excluding carboxylic acids is 2. The van der Waals surface area contributed by atoms with Crippen LogP contribution in [-0.2, 0) is 9.53 Å². The first-order valence-electron chi connectivity index (χ1n) is 5.16. The number of nitrogens with one attached hydrogen (secondary N) is 1. The molecule has 1 N–H and O–H groups in total. The number of methoxy groups -OCH3 is 1. The van der Waals surface area contributed by atoms with Gasteiger partial charge in [-0.15, -0.1) is 0 Å². The zero-order valence-electron chi connectivity index (χ0n) is 9.20. The van der Waals surface area contributed by atoms with Crippen LogP contribution in [0.1, 0.15) is 23.2 Å². The van der Waals surface area contributed by atoms with Gasteiger partial charge >= 0.3 is 5.97 Å². The molecule has 1 fully saturated rings. The Labute approximate surface area is 107 Å². The highest BCUT2D eigenvalue weighted by atomic mass is 79.9. The van der Waals surface area contributed by atoms with Crippen LogP contribution in [0.15, 0.2) is 16.7 Å². The second-order valence-corrected chi connectivity index (χ2v) is 4.66. The minimum atomic E-state index is -0.460. The van der Waals surface area contributed by atoms with Crippen molar-refractivity contribution < 1.29 is 14.3 Å². The monoisotopic (exact) mass is 298 g/mol. The van der Waals surface area contributed by atoms with Gasteiger partial charge in [-0.1, -0.05) is 0 Å². The molecule has 0 unspecified atom stereocenters. The lowest BCUT2D eigenvalue weighted by Gasteiger charge is -2.06. The van der Waals surface area contributed by atoms with Crippen molar-refractivity contribution in [2.45, 2.75) is 12.8 Å². The Morgan fingerprint density at radius 1 is 1.53 bits per heavy atom. The fraction of sp³-hybridized carbons (Fsp3) is 0.364. The van der Waals surface area contributed by atoms with Gasteiger partial charge in [0.05, 0.1) is 17.1 Å². The standard InChI is InChI=1S/C11H11BrN2O3/c1-17-11(16)7-4-8(12)9(13-5-7)14-10(15)6-2-3-6/h4-6H,2-3H2,1H3,(H,13,14,15). The van der Waals surface area contributed by atoms with Gasteiger partial charge in [-0.25, -0.2) is 9.78 Å². The van der Waals surface area contributed by atoms with E-state index >= 15 is 0 Å². The lowest BCUT2D eigenvalue weighted by Crippen LogP contribution is -2.15. The van der Waals surface area contributed by atoms with E-state index in [1.165, 1.54) is 13.3 Å². The minimum Gasteiger partial charge on any atom is -0.465 e. The number of ether oxygens (including phenoxy) is 1. The van der Waals surface area contributed by atoms with Crippen molar-refractivity contribution in [2.75, 3.05) is 12.4 Å². The number of pyridine rings is 1. The van der Waals surface area contributed by atoms with Gasteiger partial charge < -0.3 is 10.1 Å². The smallest absolute Gasteiger partial charge is 0.339 e. The van der Waals surface area contributed by atoms with Crippen molar-refractivity contribution in [3.05, 3.63) is 22.3 Å². The molecule has 0 saturated heterocycles. The Hall–Kier alpha value is -1.43. The van der Waals surface area contributed by atoms with Crippen molar-refractivity contribution in [2.24, 2.45) is 5.92 Å². The number of nitrogens with zero attached hydrogens (tertiary/aromatic N) is 1. The molecule has 0 atom stereocenters. The molecule has 0 bridgehead atoms. The first-order chi connectivity index (χ1) is 8.11. The van der Waals surface area contributed by atoms with Gasteiger partial charge in [0.1, 0.15) is 5.82 Å². The maximum Gasteiger partial charge on any atom is 0.339 e. The number of hydrogen-bond donors (Lipinski definition) is 1. The molecule has 0 aliphatic heterocycles. The normalized spacial score (nSPS) is 14.2. The zero-order valence-corrected chi connectivity index (χ0v) is 10.8. The van der Waals surface area contributed by atoms with Gasteiger partial charge in [-0.2, -0.15) is 0 Å². The summed E-state index contributed by atoms with van der Waals surface area (Å²) >= 11 is 3.26. The van der Waals surface area contributed by atoms with Crippen LogP contribution in [0.2, 0.25) is 0 Å². The maximum absolute atomic E-state index is 11.5. The van der Waals surface area contributed by atoms with Gasteiger partial charge in [0.15, 0.2) is 0 Å². The third kappa shape index (κ3) is 2.82. The number of rotatable bonds is 3. The van der Waals surface area contributed by atoms with Gasteiger partial charge in [-0.3, -0.25) is 4.79 Å². The number of amides is 1. The largest absolute Gasteiger partial charge is 0.465 e. The molecule has 1 aromatic rings. The van der Waals surface area contributed by atoms with E-state index < -0.39 is 5.97 Å². The lowest BCUT2D eigenvalue weighted by atomic mass is 10.3. The van der Waals surface area contributed by atoms with E-state index in [2.05, 4.69) is 31.0 Å². The summed E-state index contributed by atoms with van der Waals surface area (Å²) in [5.41, 5.74) is 0.337. The van der Waals surface area contributed by atoms with Crippen molar-refractivity contribution >= 4 is 33.6 Å². The SMILES string of the molecule is COC(=O)c1cnc(NC(=O)C2CC2)c(Br)c1. The van der Waals surface area contributed by atoms with Gasteiger partial charge in [-0.05, 0) is 34.8 Å². The van der Waals surface area contributed by atoms with Crippen LogP contribution in [0.5, 0.6) is 0 Å². The third-order valence-corrected chi connectivity index (χ3v) is 3.06. The van der Waals surface area contributed by atoms with Crippen LogP contribution in [-0.4, -0.2) is 24.0 Å².